The van der Waals surface area contributed by atoms with Gasteiger partial charge < -0.3 is 15.0 Å². The number of halogens is 1. The number of nitrogens with one attached hydrogen (secondary N) is 1. The van der Waals surface area contributed by atoms with Gasteiger partial charge in [0.1, 0.15) is 5.75 Å². The minimum absolute atomic E-state index is 0. The molecular weight excluding hydrogens is 487 g/mol. The van der Waals surface area contributed by atoms with Gasteiger partial charge in [0.25, 0.3) is 0 Å². The van der Waals surface area contributed by atoms with E-state index in [1.165, 1.54) is 24.0 Å². The molecule has 1 saturated heterocycles. The molecule has 0 atom stereocenters. The number of hydrogen-bond donors (Lipinski definition) is 1. The molecule has 1 N–H and O–H groups in total. The third-order valence-corrected chi connectivity index (χ3v) is 5.66. The Hall–Kier alpha value is -1.80. The first-order chi connectivity index (χ1) is 14.2. The van der Waals surface area contributed by atoms with Crippen LogP contribution in [0.3, 0.4) is 0 Å². The smallest absolute Gasteiger partial charge is 0.193 e. The molecule has 0 aliphatic carbocycles. The molecule has 0 spiro atoms. The fraction of sp³-hybridized carbons (Fsp3) is 0.458. The number of likely N-dealkylation sites (tertiary alicyclic amines) is 1. The Balaban J connectivity index is 0.00000320. The second kappa shape index (κ2) is 12.8. The molecule has 1 heterocycles. The lowest BCUT2D eigenvalue weighted by atomic mass is 9.96. The fourth-order valence-corrected chi connectivity index (χ4v) is 3.89. The van der Waals surface area contributed by atoms with Crippen molar-refractivity contribution in [2.24, 2.45) is 10.9 Å². The number of aliphatic imine (C=N–C) groups is 1. The summed E-state index contributed by atoms with van der Waals surface area (Å²) in [5.74, 6) is 2.59. The van der Waals surface area contributed by atoms with E-state index in [1.54, 1.807) is 7.11 Å². The molecule has 1 fully saturated rings. The summed E-state index contributed by atoms with van der Waals surface area (Å²) in [5.41, 5.74) is 2.65. The van der Waals surface area contributed by atoms with E-state index in [9.17, 15) is 0 Å². The second-order valence-electron chi connectivity index (χ2n) is 7.84. The molecule has 0 saturated carbocycles. The normalized spacial score (nSPS) is 15.4. The lowest BCUT2D eigenvalue weighted by molar-refractivity contribution is 0.177. The molecule has 1 aliphatic heterocycles. The van der Waals surface area contributed by atoms with Gasteiger partial charge in [-0.2, -0.15) is 0 Å². The molecule has 2 aromatic carbocycles. The highest BCUT2D eigenvalue weighted by Crippen LogP contribution is 2.20. The molecule has 30 heavy (non-hydrogen) atoms. The molecule has 0 unspecified atom stereocenters. The van der Waals surface area contributed by atoms with Crippen molar-refractivity contribution in [3.63, 3.8) is 0 Å². The van der Waals surface area contributed by atoms with Crippen molar-refractivity contribution in [1.29, 1.82) is 0 Å². The van der Waals surface area contributed by atoms with Gasteiger partial charge in [0.2, 0.25) is 0 Å². The minimum atomic E-state index is 0. The number of hydrogen-bond acceptors (Lipinski definition) is 3. The van der Waals surface area contributed by atoms with E-state index in [1.807, 2.05) is 19.2 Å². The molecule has 3 rings (SSSR count). The summed E-state index contributed by atoms with van der Waals surface area (Å²) < 4.78 is 5.24. The maximum Gasteiger partial charge on any atom is 0.193 e. The summed E-state index contributed by atoms with van der Waals surface area (Å²) in [6.07, 6.45) is 2.45. The SMILES string of the molecule is CN=C(NCC1CCN(Cc2ccc(OC)cc2)CC1)N(C)Cc1ccccc1.I. The van der Waals surface area contributed by atoms with Crippen LogP contribution in [0, 0.1) is 5.92 Å². The molecule has 1 aliphatic rings. The van der Waals surface area contributed by atoms with Gasteiger partial charge in [-0.05, 0) is 55.1 Å². The first kappa shape index (κ1) is 24.5. The van der Waals surface area contributed by atoms with Crippen molar-refractivity contribution in [3.05, 3.63) is 65.7 Å². The first-order valence-corrected chi connectivity index (χ1v) is 10.5. The van der Waals surface area contributed by atoms with E-state index in [4.69, 9.17) is 4.74 Å². The van der Waals surface area contributed by atoms with Gasteiger partial charge in [-0.25, -0.2) is 0 Å². The van der Waals surface area contributed by atoms with Gasteiger partial charge in [0, 0.05) is 33.7 Å². The second-order valence-corrected chi connectivity index (χ2v) is 7.84. The van der Waals surface area contributed by atoms with Crippen LogP contribution in [0.15, 0.2) is 59.6 Å². The van der Waals surface area contributed by atoms with Gasteiger partial charge in [0.15, 0.2) is 5.96 Å². The Kier molecular flexibility index (Phi) is 10.4. The van der Waals surface area contributed by atoms with E-state index >= 15 is 0 Å². The number of rotatable bonds is 7. The van der Waals surface area contributed by atoms with Crippen LogP contribution in [0.1, 0.15) is 24.0 Å². The average molecular weight is 522 g/mol. The summed E-state index contributed by atoms with van der Waals surface area (Å²) in [7, 11) is 5.67. The van der Waals surface area contributed by atoms with Gasteiger partial charge in [-0.15, -0.1) is 24.0 Å². The van der Waals surface area contributed by atoms with Crippen molar-refractivity contribution >= 4 is 29.9 Å². The Bertz CT molecular complexity index is 759. The molecule has 0 amide bonds. The van der Waals surface area contributed by atoms with Crippen molar-refractivity contribution < 1.29 is 4.74 Å². The lowest BCUT2D eigenvalue weighted by Crippen LogP contribution is -2.43. The summed E-state index contributed by atoms with van der Waals surface area (Å²) in [6, 6.07) is 18.9. The monoisotopic (exact) mass is 522 g/mol. The zero-order valence-electron chi connectivity index (χ0n) is 18.4. The molecule has 6 heteroatoms. The Morgan fingerprint density at radius 1 is 1.07 bits per heavy atom. The molecule has 0 aromatic heterocycles. The summed E-state index contributed by atoms with van der Waals surface area (Å²) >= 11 is 0. The molecule has 2 aromatic rings. The van der Waals surface area contributed by atoms with Crippen molar-refractivity contribution in [1.82, 2.24) is 15.1 Å². The molecule has 164 valence electrons. The van der Waals surface area contributed by atoms with E-state index in [2.05, 4.69) is 69.6 Å². The molecule has 5 nitrogen and oxygen atoms in total. The van der Waals surface area contributed by atoms with E-state index in [0.29, 0.717) is 5.92 Å². The van der Waals surface area contributed by atoms with Crippen LogP contribution < -0.4 is 10.1 Å². The highest BCUT2D eigenvalue weighted by molar-refractivity contribution is 14.0. The zero-order valence-corrected chi connectivity index (χ0v) is 20.7. The predicted molar refractivity (Wildman–Crippen MR) is 136 cm³/mol. The maximum absolute atomic E-state index is 5.24. The van der Waals surface area contributed by atoms with Crippen LogP contribution in [0.25, 0.3) is 0 Å². The number of piperidine rings is 1. The minimum Gasteiger partial charge on any atom is -0.497 e. The van der Waals surface area contributed by atoms with Crippen LogP contribution in [-0.4, -0.2) is 56.6 Å². The van der Waals surface area contributed by atoms with Crippen LogP contribution in [0.5, 0.6) is 5.75 Å². The third-order valence-electron chi connectivity index (χ3n) is 5.66. The fourth-order valence-electron chi connectivity index (χ4n) is 3.89. The van der Waals surface area contributed by atoms with E-state index in [0.717, 1.165) is 44.4 Å². The number of ether oxygens (including phenoxy) is 1. The predicted octanol–water partition coefficient (Wildman–Crippen LogP) is 4.23. The Morgan fingerprint density at radius 2 is 1.73 bits per heavy atom. The largest absolute Gasteiger partial charge is 0.497 e. The van der Waals surface area contributed by atoms with Crippen molar-refractivity contribution in [2.45, 2.75) is 25.9 Å². The molecule has 0 bridgehead atoms. The number of guanidine groups is 1. The molecule has 0 radical (unpaired) electrons. The highest BCUT2D eigenvalue weighted by Gasteiger charge is 2.20. The highest BCUT2D eigenvalue weighted by atomic mass is 127. The standard InChI is InChI=1S/C24H34N4O.HI/c1-25-24(27(2)18-21-7-5-4-6-8-21)26-17-20-13-15-28(16-14-20)19-22-9-11-23(29-3)12-10-22;/h4-12,20H,13-19H2,1-3H3,(H,25,26);1H. The number of methoxy groups -OCH3 is 1. The summed E-state index contributed by atoms with van der Waals surface area (Å²) in [6.45, 7) is 5.17. The van der Waals surface area contributed by atoms with E-state index in [-0.39, 0.29) is 24.0 Å². The van der Waals surface area contributed by atoms with Crippen molar-refractivity contribution in [3.8, 4) is 5.75 Å². The average Bonchev–Trinajstić information content (AvgIpc) is 2.76. The number of nitrogens with zero attached hydrogens (tertiary/aromatic N) is 3. The summed E-state index contributed by atoms with van der Waals surface area (Å²) in [4.78, 5) is 9.20. The van der Waals surface area contributed by atoms with Crippen LogP contribution in [0.4, 0.5) is 0 Å². The van der Waals surface area contributed by atoms with Gasteiger partial charge >= 0.3 is 0 Å². The quantitative estimate of drug-likeness (QED) is 0.336. The third kappa shape index (κ3) is 7.47. The van der Waals surface area contributed by atoms with Crippen LogP contribution in [-0.2, 0) is 13.1 Å². The maximum atomic E-state index is 5.24. The number of benzene rings is 2. The van der Waals surface area contributed by atoms with Gasteiger partial charge in [0.05, 0.1) is 7.11 Å². The van der Waals surface area contributed by atoms with Crippen molar-refractivity contribution in [2.75, 3.05) is 40.8 Å². The lowest BCUT2D eigenvalue weighted by Gasteiger charge is -2.33. The summed E-state index contributed by atoms with van der Waals surface area (Å²) in [5, 5.41) is 3.58. The first-order valence-electron chi connectivity index (χ1n) is 10.5. The Morgan fingerprint density at radius 3 is 2.33 bits per heavy atom. The topological polar surface area (TPSA) is 40.1 Å². The van der Waals surface area contributed by atoms with E-state index < -0.39 is 0 Å². The molecular formula is C24H35IN4O. The van der Waals surface area contributed by atoms with Crippen LogP contribution in [0.2, 0.25) is 0 Å². The van der Waals surface area contributed by atoms with Crippen LogP contribution >= 0.6 is 24.0 Å². The van der Waals surface area contributed by atoms with Gasteiger partial charge in [-0.3, -0.25) is 9.89 Å². The van der Waals surface area contributed by atoms with Gasteiger partial charge in [-0.1, -0.05) is 42.5 Å². The Labute approximate surface area is 198 Å². The zero-order chi connectivity index (χ0) is 20.5.